The molecule has 7 heteroatoms. The summed E-state index contributed by atoms with van der Waals surface area (Å²) in [5.74, 6) is -1.08. The van der Waals surface area contributed by atoms with Gasteiger partial charge in [-0.1, -0.05) is 0 Å². The highest BCUT2D eigenvalue weighted by Crippen LogP contribution is 2.23. The van der Waals surface area contributed by atoms with Gasteiger partial charge in [-0.05, 0) is 44.2 Å². The third kappa shape index (κ3) is 4.27. The van der Waals surface area contributed by atoms with Crippen molar-refractivity contribution in [3.63, 3.8) is 0 Å². The summed E-state index contributed by atoms with van der Waals surface area (Å²) < 4.78 is 27.0. The predicted octanol–water partition coefficient (Wildman–Crippen LogP) is 3.36. The van der Waals surface area contributed by atoms with Gasteiger partial charge in [0.2, 0.25) is 5.91 Å². The predicted molar refractivity (Wildman–Crippen MR) is 90.2 cm³/mol. The van der Waals surface area contributed by atoms with E-state index in [9.17, 15) is 18.4 Å². The van der Waals surface area contributed by atoms with Crippen LogP contribution in [0.25, 0.3) is 0 Å². The average molecular weight is 351 g/mol. The lowest BCUT2D eigenvalue weighted by Crippen LogP contribution is -2.47. The van der Waals surface area contributed by atoms with E-state index < -0.39 is 17.7 Å². The minimum absolute atomic E-state index is 0.0128. The first-order valence-corrected chi connectivity index (χ1v) is 8.85. The molecular weight excluding hydrogens is 328 g/mol. The first kappa shape index (κ1) is 17.6. The molecule has 3 amide bonds. The smallest absolute Gasteiger partial charge is 0.322 e. The summed E-state index contributed by atoms with van der Waals surface area (Å²) in [5.41, 5.74) is -0.149. The van der Waals surface area contributed by atoms with Crippen molar-refractivity contribution < 1.29 is 18.4 Å². The van der Waals surface area contributed by atoms with Crippen LogP contribution in [0.5, 0.6) is 0 Å². The summed E-state index contributed by atoms with van der Waals surface area (Å²) in [5, 5.41) is 2.48. The molecule has 5 nitrogen and oxygen atoms in total. The van der Waals surface area contributed by atoms with Gasteiger partial charge in [0.25, 0.3) is 0 Å². The molecular formula is C18H23F2N3O2. The quantitative estimate of drug-likeness (QED) is 0.904. The average Bonchev–Trinajstić information content (AvgIpc) is 3.01. The van der Waals surface area contributed by atoms with Crippen molar-refractivity contribution in [3.05, 3.63) is 29.8 Å². The summed E-state index contributed by atoms with van der Waals surface area (Å²) in [7, 11) is 0. The van der Waals surface area contributed by atoms with Crippen molar-refractivity contribution in [1.29, 1.82) is 0 Å². The Balaban J connectivity index is 1.62. The second-order valence-corrected chi connectivity index (χ2v) is 6.67. The molecule has 0 radical (unpaired) electrons. The van der Waals surface area contributed by atoms with Crippen LogP contribution in [0.2, 0.25) is 0 Å². The molecule has 2 heterocycles. The van der Waals surface area contributed by atoms with Gasteiger partial charge in [-0.15, -0.1) is 0 Å². The molecule has 2 aliphatic heterocycles. The molecule has 1 aromatic rings. The minimum atomic E-state index is -0.661. The Morgan fingerprint density at radius 3 is 2.80 bits per heavy atom. The third-order valence-electron chi connectivity index (χ3n) is 4.96. The highest BCUT2D eigenvalue weighted by atomic mass is 19.1. The van der Waals surface area contributed by atoms with E-state index in [1.54, 1.807) is 4.90 Å². The number of rotatable bonds is 4. The summed E-state index contributed by atoms with van der Waals surface area (Å²) in [6.07, 6.45) is 4.99. The van der Waals surface area contributed by atoms with E-state index in [4.69, 9.17) is 0 Å². The molecule has 0 spiro atoms. The van der Waals surface area contributed by atoms with Crippen LogP contribution in [0.4, 0.5) is 19.3 Å². The summed E-state index contributed by atoms with van der Waals surface area (Å²) >= 11 is 0. The maximum Gasteiger partial charge on any atom is 0.322 e. The molecule has 136 valence electrons. The fourth-order valence-electron chi connectivity index (χ4n) is 3.59. The Labute approximate surface area is 146 Å². The molecule has 25 heavy (non-hydrogen) atoms. The molecule has 0 bridgehead atoms. The largest absolute Gasteiger partial charge is 0.343 e. The summed E-state index contributed by atoms with van der Waals surface area (Å²) in [4.78, 5) is 27.8. The Morgan fingerprint density at radius 2 is 2.04 bits per heavy atom. The molecule has 2 fully saturated rings. The van der Waals surface area contributed by atoms with Crippen LogP contribution in [0, 0.1) is 11.6 Å². The summed E-state index contributed by atoms with van der Waals surface area (Å²) in [6.45, 7) is 2.01. The van der Waals surface area contributed by atoms with Crippen LogP contribution in [0.1, 0.15) is 38.5 Å². The van der Waals surface area contributed by atoms with Gasteiger partial charge in [-0.3, -0.25) is 4.79 Å². The standard InChI is InChI=1S/C18H23F2N3O2/c19-13-6-7-15(20)16(12-13)21-18(25)23-10-2-1-4-14(23)8-11-22-9-3-5-17(22)24/h6-7,12,14H,1-5,8-11H2,(H,21,25)/t14-/m1/s1. The first-order chi connectivity index (χ1) is 12.0. The number of nitrogens with zero attached hydrogens (tertiary/aromatic N) is 2. The van der Waals surface area contributed by atoms with Gasteiger partial charge in [0, 0.05) is 38.2 Å². The number of amides is 3. The summed E-state index contributed by atoms with van der Waals surface area (Å²) in [6, 6.07) is 2.59. The van der Waals surface area contributed by atoms with Crippen molar-refractivity contribution >= 4 is 17.6 Å². The molecule has 0 unspecified atom stereocenters. The van der Waals surface area contributed by atoms with Crippen LogP contribution in [0.15, 0.2) is 18.2 Å². The monoisotopic (exact) mass is 351 g/mol. The number of carbonyl (C=O) groups excluding carboxylic acids is 2. The number of halogens is 2. The molecule has 3 rings (SSSR count). The molecule has 1 N–H and O–H groups in total. The zero-order valence-electron chi connectivity index (χ0n) is 14.1. The van der Waals surface area contributed by atoms with Crippen molar-refractivity contribution in [3.8, 4) is 0 Å². The molecule has 1 atom stereocenters. The highest BCUT2D eigenvalue weighted by molar-refractivity contribution is 5.89. The van der Waals surface area contributed by atoms with E-state index >= 15 is 0 Å². The maximum absolute atomic E-state index is 13.7. The Bertz CT molecular complexity index is 653. The van der Waals surface area contributed by atoms with E-state index in [-0.39, 0.29) is 17.6 Å². The van der Waals surface area contributed by atoms with Crippen LogP contribution in [-0.2, 0) is 4.79 Å². The van der Waals surface area contributed by atoms with E-state index in [1.165, 1.54) is 0 Å². The molecule has 0 aromatic heterocycles. The van der Waals surface area contributed by atoms with Gasteiger partial charge < -0.3 is 15.1 Å². The second kappa shape index (κ2) is 7.80. The van der Waals surface area contributed by atoms with Crippen LogP contribution in [-0.4, -0.2) is 47.4 Å². The lowest BCUT2D eigenvalue weighted by Gasteiger charge is -2.36. The minimum Gasteiger partial charge on any atom is -0.343 e. The van der Waals surface area contributed by atoms with Crippen molar-refractivity contribution in [1.82, 2.24) is 9.80 Å². The van der Waals surface area contributed by atoms with Crippen LogP contribution < -0.4 is 5.32 Å². The van der Waals surface area contributed by atoms with E-state index in [0.717, 1.165) is 50.4 Å². The number of hydrogen-bond donors (Lipinski definition) is 1. The Morgan fingerprint density at radius 1 is 1.20 bits per heavy atom. The molecule has 0 saturated carbocycles. The van der Waals surface area contributed by atoms with Crippen LogP contribution >= 0.6 is 0 Å². The number of benzene rings is 1. The van der Waals surface area contributed by atoms with Gasteiger partial charge in [0.15, 0.2) is 0 Å². The fourth-order valence-corrected chi connectivity index (χ4v) is 3.59. The fraction of sp³-hybridized carbons (Fsp3) is 0.556. The second-order valence-electron chi connectivity index (χ2n) is 6.67. The third-order valence-corrected chi connectivity index (χ3v) is 4.96. The lowest BCUT2D eigenvalue weighted by atomic mass is 9.99. The molecule has 2 saturated heterocycles. The Hall–Kier alpha value is -2.18. The van der Waals surface area contributed by atoms with Gasteiger partial charge in [-0.25, -0.2) is 13.6 Å². The van der Waals surface area contributed by atoms with Crippen molar-refractivity contribution in [2.24, 2.45) is 0 Å². The van der Waals surface area contributed by atoms with Gasteiger partial charge in [0.1, 0.15) is 11.6 Å². The Kier molecular flexibility index (Phi) is 5.50. The lowest BCUT2D eigenvalue weighted by molar-refractivity contribution is -0.127. The zero-order chi connectivity index (χ0) is 17.8. The van der Waals surface area contributed by atoms with E-state index in [2.05, 4.69) is 5.32 Å². The zero-order valence-corrected chi connectivity index (χ0v) is 14.1. The molecule has 2 aliphatic rings. The van der Waals surface area contributed by atoms with Gasteiger partial charge >= 0.3 is 6.03 Å². The number of anilines is 1. The van der Waals surface area contributed by atoms with E-state index in [1.807, 2.05) is 4.90 Å². The topological polar surface area (TPSA) is 52.7 Å². The number of nitrogens with one attached hydrogen (secondary N) is 1. The number of carbonyl (C=O) groups is 2. The van der Waals surface area contributed by atoms with Gasteiger partial charge in [0.05, 0.1) is 5.69 Å². The van der Waals surface area contributed by atoms with Gasteiger partial charge in [-0.2, -0.15) is 0 Å². The first-order valence-electron chi connectivity index (χ1n) is 8.85. The number of hydrogen-bond acceptors (Lipinski definition) is 2. The number of likely N-dealkylation sites (tertiary alicyclic amines) is 2. The SMILES string of the molecule is O=C1CCCN1CC[C@H]1CCCCN1C(=O)Nc1cc(F)ccc1F. The van der Waals surface area contributed by atoms with Crippen molar-refractivity contribution in [2.75, 3.05) is 25.0 Å². The number of piperidine rings is 1. The normalized spacial score (nSPS) is 20.9. The maximum atomic E-state index is 13.7. The van der Waals surface area contributed by atoms with Crippen molar-refractivity contribution in [2.45, 2.75) is 44.6 Å². The highest BCUT2D eigenvalue weighted by Gasteiger charge is 2.29. The number of urea groups is 1. The molecule has 0 aliphatic carbocycles. The van der Waals surface area contributed by atoms with E-state index in [0.29, 0.717) is 25.9 Å². The molecule has 1 aromatic carbocycles. The van der Waals surface area contributed by atoms with Crippen LogP contribution in [0.3, 0.4) is 0 Å².